The predicted octanol–water partition coefficient (Wildman–Crippen LogP) is 3.86. The molecule has 2 aromatic rings. The summed E-state index contributed by atoms with van der Waals surface area (Å²) in [5.74, 6) is 0. The highest BCUT2D eigenvalue weighted by molar-refractivity contribution is 5.61. The van der Waals surface area contributed by atoms with Crippen molar-refractivity contribution in [3.63, 3.8) is 0 Å². The SMILES string of the molecule is c1ccc(-c2cnn(CCCCCCNC3CC3)c2)cc1. The quantitative estimate of drug-likeness (QED) is 0.708. The average Bonchev–Trinajstić information content (AvgIpc) is 3.23. The summed E-state index contributed by atoms with van der Waals surface area (Å²) in [4.78, 5) is 0. The molecule has 1 heterocycles. The minimum absolute atomic E-state index is 0.852. The maximum Gasteiger partial charge on any atom is 0.0568 e. The van der Waals surface area contributed by atoms with Crippen LogP contribution in [0.15, 0.2) is 42.7 Å². The summed E-state index contributed by atoms with van der Waals surface area (Å²) in [5, 5.41) is 8.03. The van der Waals surface area contributed by atoms with Gasteiger partial charge in [-0.25, -0.2) is 0 Å². The van der Waals surface area contributed by atoms with E-state index in [9.17, 15) is 0 Å². The average molecular weight is 283 g/mol. The molecule has 0 unspecified atom stereocenters. The van der Waals surface area contributed by atoms with E-state index in [0.29, 0.717) is 0 Å². The fourth-order valence-corrected chi connectivity index (χ4v) is 2.61. The van der Waals surface area contributed by atoms with Crippen LogP contribution in [0.25, 0.3) is 11.1 Å². The minimum Gasteiger partial charge on any atom is -0.314 e. The Balaban J connectivity index is 1.33. The van der Waals surface area contributed by atoms with E-state index in [1.807, 2.05) is 12.3 Å². The first kappa shape index (κ1) is 14.3. The van der Waals surface area contributed by atoms with E-state index in [2.05, 4.69) is 45.6 Å². The van der Waals surface area contributed by atoms with E-state index < -0.39 is 0 Å². The molecule has 0 bridgehead atoms. The molecular formula is C18H25N3. The summed E-state index contributed by atoms with van der Waals surface area (Å²) in [6.07, 6.45) is 12.1. The van der Waals surface area contributed by atoms with Gasteiger partial charge in [0.2, 0.25) is 0 Å². The molecule has 3 nitrogen and oxygen atoms in total. The zero-order chi connectivity index (χ0) is 14.3. The zero-order valence-corrected chi connectivity index (χ0v) is 12.7. The number of nitrogens with zero attached hydrogens (tertiary/aromatic N) is 2. The van der Waals surface area contributed by atoms with Crippen LogP contribution >= 0.6 is 0 Å². The van der Waals surface area contributed by atoms with Crippen molar-refractivity contribution in [2.75, 3.05) is 6.54 Å². The fourth-order valence-electron chi connectivity index (χ4n) is 2.61. The third-order valence-electron chi connectivity index (χ3n) is 4.06. The molecule has 1 aliphatic carbocycles. The Labute approximate surface area is 127 Å². The van der Waals surface area contributed by atoms with E-state index in [4.69, 9.17) is 0 Å². The lowest BCUT2D eigenvalue weighted by atomic mass is 10.1. The van der Waals surface area contributed by atoms with E-state index in [1.54, 1.807) is 0 Å². The molecule has 112 valence electrons. The molecule has 1 N–H and O–H groups in total. The lowest BCUT2D eigenvalue weighted by Crippen LogP contribution is -2.17. The van der Waals surface area contributed by atoms with Crippen LogP contribution < -0.4 is 5.32 Å². The van der Waals surface area contributed by atoms with Gasteiger partial charge in [0.25, 0.3) is 0 Å². The van der Waals surface area contributed by atoms with Gasteiger partial charge in [-0.3, -0.25) is 4.68 Å². The molecule has 0 radical (unpaired) electrons. The predicted molar refractivity (Wildman–Crippen MR) is 87.2 cm³/mol. The van der Waals surface area contributed by atoms with Gasteiger partial charge in [-0.05, 0) is 37.8 Å². The molecule has 1 aromatic heterocycles. The summed E-state index contributed by atoms with van der Waals surface area (Å²) >= 11 is 0. The lowest BCUT2D eigenvalue weighted by Gasteiger charge is -2.03. The van der Waals surface area contributed by atoms with Crippen LogP contribution in [0, 0.1) is 0 Å². The van der Waals surface area contributed by atoms with E-state index in [-0.39, 0.29) is 0 Å². The van der Waals surface area contributed by atoms with E-state index >= 15 is 0 Å². The van der Waals surface area contributed by atoms with Crippen molar-refractivity contribution in [2.45, 2.75) is 51.1 Å². The van der Waals surface area contributed by atoms with Crippen LogP contribution in [-0.2, 0) is 6.54 Å². The Morgan fingerprint density at radius 2 is 1.81 bits per heavy atom. The van der Waals surface area contributed by atoms with Crippen molar-refractivity contribution >= 4 is 0 Å². The van der Waals surface area contributed by atoms with Crippen molar-refractivity contribution in [1.82, 2.24) is 15.1 Å². The van der Waals surface area contributed by atoms with Gasteiger partial charge in [-0.15, -0.1) is 0 Å². The highest BCUT2D eigenvalue weighted by Gasteiger charge is 2.19. The largest absolute Gasteiger partial charge is 0.314 e. The summed E-state index contributed by atoms with van der Waals surface area (Å²) < 4.78 is 2.07. The molecule has 0 saturated heterocycles. The second-order valence-electron chi connectivity index (χ2n) is 6.00. The molecule has 0 amide bonds. The van der Waals surface area contributed by atoms with Crippen molar-refractivity contribution in [3.8, 4) is 11.1 Å². The smallest absolute Gasteiger partial charge is 0.0568 e. The van der Waals surface area contributed by atoms with Crippen LogP contribution in [0.3, 0.4) is 0 Å². The molecular weight excluding hydrogens is 258 g/mol. The summed E-state index contributed by atoms with van der Waals surface area (Å²) in [5.41, 5.74) is 2.46. The van der Waals surface area contributed by atoms with Crippen molar-refractivity contribution in [3.05, 3.63) is 42.7 Å². The van der Waals surface area contributed by atoms with Gasteiger partial charge in [-0.1, -0.05) is 43.2 Å². The Morgan fingerprint density at radius 1 is 1.00 bits per heavy atom. The summed E-state index contributed by atoms with van der Waals surface area (Å²) in [6.45, 7) is 2.23. The summed E-state index contributed by atoms with van der Waals surface area (Å²) in [7, 11) is 0. The number of rotatable bonds is 9. The zero-order valence-electron chi connectivity index (χ0n) is 12.7. The maximum absolute atomic E-state index is 4.46. The molecule has 3 heteroatoms. The van der Waals surface area contributed by atoms with Gasteiger partial charge < -0.3 is 5.32 Å². The number of aryl methyl sites for hydroxylation is 1. The Bertz CT molecular complexity index is 528. The topological polar surface area (TPSA) is 29.9 Å². The van der Waals surface area contributed by atoms with Crippen molar-refractivity contribution < 1.29 is 0 Å². The van der Waals surface area contributed by atoms with Gasteiger partial charge in [-0.2, -0.15) is 5.10 Å². The number of hydrogen-bond donors (Lipinski definition) is 1. The normalized spacial score (nSPS) is 14.5. The van der Waals surface area contributed by atoms with Crippen LogP contribution in [0.2, 0.25) is 0 Å². The maximum atomic E-state index is 4.46. The van der Waals surface area contributed by atoms with Crippen LogP contribution in [-0.4, -0.2) is 22.4 Å². The molecule has 0 spiro atoms. The minimum atomic E-state index is 0.852. The molecule has 1 aromatic carbocycles. The number of aromatic nitrogens is 2. The monoisotopic (exact) mass is 283 g/mol. The van der Waals surface area contributed by atoms with Gasteiger partial charge in [0.1, 0.15) is 0 Å². The highest BCUT2D eigenvalue weighted by atomic mass is 15.3. The molecule has 1 saturated carbocycles. The molecule has 3 rings (SSSR count). The Morgan fingerprint density at radius 3 is 2.62 bits per heavy atom. The van der Waals surface area contributed by atoms with Gasteiger partial charge in [0.15, 0.2) is 0 Å². The van der Waals surface area contributed by atoms with E-state index in [0.717, 1.165) is 12.6 Å². The standard InChI is InChI=1S/C18H25N3/c1(6-12-19-18-10-11-18)2-7-13-21-15-17(14-20-21)16-8-4-3-5-9-16/h3-5,8-9,14-15,18-19H,1-2,6-7,10-13H2. The fraction of sp³-hybridized carbons (Fsp3) is 0.500. The molecule has 1 fully saturated rings. The third-order valence-corrected chi connectivity index (χ3v) is 4.06. The molecule has 1 aliphatic rings. The van der Waals surface area contributed by atoms with E-state index in [1.165, 1.54) is 56.2 Å². The number of nitrogens with one attached hydrogen (secondary N) is 1. The van der Waals surface area contributed by atoms with Gasteiger partial charge >= 0.3 is 0 Å². The molecule has 21 heavy (non-hydrogen) atoms. The Kier molecular flexibility index (Phi) is 5.06. The Hall–Kier alpha value is -1.61. The van der Waals surface area contributed by atoms with Crippen LogP contribution in [0.4, 0.5) is 0 Å². The highest BCUT2D eigenvalue weighted by Crippen LogP contribution is 2.19. The first-order valence-corrected chi connectivity index (χ1v) is 8.23. The third kappa shape index (κ3) is 4.71. The molecule has 0 atom stereocenters. The summed E-state index contributed by atoms with van der Waals surface area (Å²) in [6, 6.07) is 11.3. The number of hydrogen-bond acceptors (Lipinski definition) is 2. The first-order chi connectivity index (χ1) is 10.4. The first-order valence-electron chi connectivity index (χ1n) is 8.23. The van der Waals surface area contributed by atoms with Crippen LogP contribution in [0.5, 0.6) is 0 Å². The lowest BCUT2D eigenvalue weighted by molar-refractivity contribution is 0.524. The van der Waals surface area contributed by atoms with Crippen molar-refractivity contribution in [1.29, 1.82) is 0 Å². The number of benzene rings is 1. The molecule has 0 aliphatic heterocycles. The van der Waals surface area contributed by atoms with Crippen LogP contribution in [0.1, 0.15) is 38.5 Å². The van der Waals surface area contributed by atoms with Gasteiger partial charge in [0, 0.05) is 24.3 Å². The van der Waals surface area contributed by atoms with Crippen molar-refractivity contribution in [2.24, 2.45) is 0 Å². The number of unbranched alkanes of at least 4 members (excludes halogenated alkanes) is 3. The second kappa shape index (κ2) is 7.41. The second-order valence-corrected chi connectivity index (χ2v) is 6.00. The van der Waals surface area contributed by atoms with Gasteiger partial charge in [0.05, 0.1) is 6.20 Å².